The van der Waals surface area contributed by atoms with Crippen molar-refractivity contribution in [3.63, 3.8) is 0 Å². The van der Waals surface area contributed by atoms with Crippen LogP contribution in [0.15, 0.2) is 72.8 Å². The van der Waals surface area contributed by atoms with Crippen LogP contribution in [0.1, 0.15) is 33.5 Å². The summed E-state index contributed by atoms with van der Waals surface area (Å²) in [6, 6.07) is 20.6. The van der Waals surface area contributed by atoms with Gasteiger partial charge < -0.3 is 10.2 Å². The van der Waals surface area contributed by atoms with Crippen molar-refractivity contribution in [3.8, 4) is 11.8 Å². The van der Waals surface area contributed by atoms with Crippen LogP contribution in [0.2, 0.25) is 0 Å². The molecule has 5 heteroatoms. The molecule has 0 bridgehead atoms. The molecule has 30 heavy (non-hydrogen) atoms. The fourth-order valence-corrected chi connectivity index (χ4v) is 3.33. The largest absolute Gasteiger partial charge is 0.352 e. The number of hydrogen-bond donors (Lipinski definition) is 1. The van der Waals surface area contributed by atoms with Crippen molar-refractivity contribution in [1.82, 2.24) is 5.32 Å². The zero-order valence-electron chi connectivity index (χ0n) is 16.2. The summed E-state index contributed by atoms with van der Waals surface area (Å²) in [4.78, 5) is 27.0. The molecule has 4 nitrogen and oxygen atoms in total. The van der Waals surface area contributed by atoms with E-state index >= 15 is 0 Å². The van der Waals surface area contributed by atoms with Crippen LogP contribution in [0.25, 0.3) is 0 Å². The fraction of sp³-hybridized carbons (Fsp3) is 0.120. The van der Waals surface area contributed by atoms with E-state index < -0.39 is 5.82 Å². The second-order valence-electron chi connectivity index (χ2n) is 6.92. The first-order valence-corrected chi connectivity index (χ1v) is 9.65. The second-order valence-corrected chi connectivity index (χ2v) is 6.92. The SMILES string of the molecule is O=C(NCCC(=O)N1Cc2ccccc2C#Cc2ccccc21)c1ccc(F)cc1. The molecule has 3 aromatic carbocycles. The molecule has 4 rings (SSSR count). The van der Waals surface area contributed by atoms with Gasteiger partial charge in [0.05, 0.1) is 12.2 Å². The van der Waals surface area contributed by atoms with Gasteiger partial charge in [-0.3, -0.25) is 9.59 Å². The third kappa shape index (κ3) is 4.23. The molecule has 1 aliphatic rings. The number of para-hydroxylation sites is 1. The van der Waals surface area contributed by atoms with Crippen molar-refractivity contribution in [2.75, 3.05) is 11.4 Å². The standard InChI is InChI=1S/C25H19FN2O2/c26-22-13-11-20(12-14-22)25(30)27-16-15-24(29)28-17-21-7-2-1-5-18(21)9-10-19-6-3-4-8-23(19)28/h1-8,11-14H,15-17H2,(H,27,30). The highest BCUT2D eigenvalue weighted by molar-refractivity contribution is 5.97. The van der Waals surface area contributed by atoms with Crippen molar-refractivity contribution < 1.29 is 14.0 Å². The Kier molecular flexibility index (Phi) is 5.58. The summed E-state index contributed by atoms with van der Waals surface area (Å²) in [5.74, 6) is 5.50. The quantitative estimate of drug-likeness (QED) is 0.678. The maximum absolute atomic E-state index is 13.1. The minimum Gasteiger partial charge on any atom is -0.352 e. The Morgan fingerprint density at radius 3 is 2.37 bits per heavy atom. The minimum atomic E-state index is -0.402. The minimum absolute atomic E-state index is 0.111. The van der Waals surface area contributed by atoms with Crippen LogP contribution >= 0.6 is 0 Å². The molecule has 1 aliphatic heterocycles. The first kappa shape index (κ1) is 19.4. The summed E-state index contributed by atoms with van der Waals surface area (Å²) in [7, 11) is 0. The summed E-state index contributed by atoms with van der Waals surface area (Å²) < 4.78 is 13.0. The van der Waals surface area contributed by atoms with Gasteiger partial charge >= 0.3 is 0 Å². The van der Waals surface area contributed by atoms with Crippen LogP contribution in [-0.4, -0.2) is 18.4 Å². The number of anilines is 1. The van der Waals surface area contributed by atoms with Crippen LogP contribution in [0, 0.1) is 17.7 Å². The van der Waals surface area contributed by atoms with Gasteiger partial charge in [0.25, 0.3) is 5.91 Å². The maximum atomic E-state index is 13.1. The molecular weight excluding hydrogens is 379 g/mol. The van der Waals surface area contributed by atoms with Crippen molar-refractivity contribution >= 4 is 17.5 Å². The number of carbonyl (C=O) groups is 2. The lowest BCUT2D eigenvalue weighted by atomic mass is 10.0. The van der Waals surface area contributed by atoms with E-state index in [1.165, 1.54) is 24.3 Å². The lowest BCUT2D eigenvalue weighted by Gasteiger charge is -2.26. The summed E-state index contributed by atoms with van der Waals surface area (Å²) in [5.41, 5.74) is 3.77. The average Bonchev–Trinajstić information content (AvgIpc) is 2.75. The first-order chi connectivity index (χ1) is 14.6. The van der Waals surface area contributed by atoms with Gasteiger partial charge in [0.1, 0.15) is 5.82 Å². The Balaban J connectivity index is 1.50. The molecule has 1 heterocycles. The zero-order valence-corrected chi connectivity index (χ0v) is 16.2. The van der Waals surface area contributed by atoms with E-state index in [4.69, 9.17) is 0 Å². The average molecular weight is 398 g/mol. The van der Waals surface area contributed by atoms with E-state index in [2.05, 4.69) is 17.2 Å². The third-order valence-electron chi connectivity index (χ3n) is 4.90. The van der Waals surface area contributed by atoms with Gasteiger partial charge in [-0.1, -0.05) is 42.2 Å². The fourth-order valence-electron chi connectivity index (χ4n) is 3.33. The van der Waals surface area contributed by atoms with Gasteiger partial charge in [-0.15, -0.1) is 0 Å². The van der Waals surface area contributed by atoms with Gasteiger partial charge in [0, 0.05) is 29.7 Å². The molecule has 0 spiro atoms. The number of halogens is 1. The molecule has 0 atom stereocenters. The van der Waals surface area contributed by atoms with Crippen molar-refractivity contribution in [1.29, 1.82) is 0 Å². The van der Waals surface area contributed by atoms with E-state index in [0.717, 1.165) is 22.4 Å². The topological polar surface area (TPSA) is 49.4 Å². The van der Waals surface area contributed by atoms with E-state index in [0.29, 0.717) is 12.1 Å². The second kappa shape index (κ2) is 8.62. The molecule has 0 fully saturated rings. The number of rotatable bonds is 4. The summed E-state index contributed by atoms with van der Waals surface area (Å²) in [6.45, 7) is 0.591. The normalized spacial score (nSPS) is 11.8. The van der Waals surface area contributed by atoms with Crippen LogP contribution in [0.3, 0.4) is 0 Å². The summed E-state index contributed by atoms with van der Waals surface area (Å²) in [5, 5.41) is 2.72. The highest BCUT2D eigenvalue weighted by Gasteiger charge is 2.21. The van der Waals surface area contributed by atoms with Crippen molar-refractivity contribution in [2.24, 2.45) is 0 Å². The number of nitrogens with zero attached hydrogens (tertiary/aromatic N) is 1. The molecule has 3 aromatic rings. The molecule has 0 aromatic heterocycles. The van der Waals surface area contributed by atoms with Crippen LogP contribution < -0.4 is 10.2 Å². The van der Waals surface area contributed by atoms with Gasteiger partial charge in [-0.2, -0.15) is 0 Å². The number of amides is 2. The molecule has 0 unspecified atom stereocenters. The Labute approximate surface area is 174 Å². The molecule has 0 aliphatic carbocycles. The Bertz CT molecular complexity index is 1160. The van der Waals surface area contributed by atoms with Gasteiger partial charge in [-0.25, -0.2) is 4.39 Å². The molecular formula is C25H19FN2O2. The zero-order chi connectivity index (χ0) is 20.9. The van der Waals surface area contributed by atoms with E-state index in [-0.39, 0.29) is 24.8 Å². The Hall–Kier alpha value is -3.91. The number of carbonyl (C=O) groups excluding carboxylic acids is 2. The highest BCUT2D eigenvalue weighted by atomic mass is 19.1. The molecule has 2 amide bonds. The smallest absolute Gasteiger partial charge is 0.251 e. The number of fused-ring (bicyclic) bond motifs is 2. The van der Waals surface area contributed by atoms with Gasteiger partial charge in [0.2, 0.25) is 5.91 Å². The molecule has 0 saturated heterocycles. The highest BCUT2D eigenvalue weighted by Crippen LogP contribution is 2.25. The number of hydrogen-bond acceptors (Lipinski definition) is 2. The monoisotopic (exact) mass is 398 g/mol. The predicted molar refractivity (Wildman–Crippen MR) is 113 cm³/mol. The molecule has 1 N–H and O–H groups in total. The van der Waals surface area contributed by atoms with Gasteiger partial charge in [0.15, 0.2) is 0 Å². The van der Waals surface area contributed by atoms with Crippen molar-refractivity contribution in [3.05, 3.63) is 101 Å². The Morgan fingerprint density at radius 1 is 0.900 bits per heavy atom. The molecule has 148 valence electrons. The van der Waals surface area contributed by atoms with Crippen molar-refractivity contribution in [2.45, 2.75) is 13.0 Å². The lowest BCUT2D eigenvalue weighted by molar-refractivity contribution is -0.118. The number of nitrogens with one attached hydrogen (secondary N) is 1. The Morgan fingerprint density at radius 2 is 1.57 bits per heavy atom. The van der Waals surface area contributed by atoms with Crippen LogP contribution in [0.4, 0.5) is 10.1 Å². The summed E-state index contributed by atoms with van der Waals surface area (Å²) >= 11 is 0. The number of benzene rings is 3. The summed E-state index contributed by atoms with van der Waals surface area (Å²) in [6.07, 6.45) is 0.136. The van der Waals surface area contributed by atoms with Crippen LogP contribution in [0.5, 0.6) is 0 Å². The predicted octanol–water partition coefficient (Wildman–Crippen LogP) is 3.89. The van der Waals surface area contributed by atoms with E-state index in [1.54, 1.807) is 4.90 Å². The molecule has 0 radical (unpaired) electrons. The van der Waals surface area contributed by atoms with E-state index in [1.807, 2.05) is 48.5 Å². The van der Waals surface area contributed by atoms with E-state index in [9.17, 15) is 14.0 Å². The first-order valence-electron chi connectivity index (χ1n) is 9.65. The maximum Gasteiger partial charge on any atom is 0.251 e. The lowest BCUT2D eigenvalue weighted by Crippen LogP contribution is -2.35. The van der Waals surface area contributed by atoms with Gasteiger partial charge in [-0.05, 0) is 48.0 Å². The van der Waals surface area contributed by atoms with Crippen LogP contribution in [-0.2, 0) is 11.3 Å². The third-order valence-corrected chi connectivity index (χ3v) is 4.90. The molecule has 0 saturated carbocycles.